The van der Waals surface area contributed by atoms with E-state index >= 15 is 0 Å². The van der Waals surface area contributed by atoms with Gasteiger partial charge in [0.05, 0.1) is 5.56 Å². The van der Waals surface area contributed by atoms with Crippen molar-refractivity contribution in [3.63, 3.8) is 0 Å². The average molecular weight is 273 g/mol. The van der Waals surface area contributed by atoms with E-state index in [4.69, 9.17) is 0 Å². The Balaban J connectivity index is 3.22. The fourth-order valence-corrected chi connectivity index (χ4v) is 2.54. The van der Waals surface area contributed by atoms with E-state index in [1.807, 2.05) is 20.8 Å². The lowest BCUT2D eigenvalue weighted by Gasteiger charge is -2.29. The Morgan fingerprint density at radius 2 is 1.63 bits per heavy atom. The number of nitrogens with one attached hydrogen (secondary N) is 1. The minimum Gasteiger partial charge on any atom is -0.310 e. The van der Waals surface area contributed by atoms with Crippen LogP contribution in [0.15, 0.2) is 24.3 Å². The highest BCUT2D eigenvalue weighted by atomic mass is 19.4. The Bertz CT molecular complexity index is 383. The van der Waals surface area contributed by atoms with Crippen LogP contribution in [-0.2, 0) is 6.18 Å². The van der Waals surface area contributed by atoms with Gasteiger partial charge in [0.1, 0.15) is 0 Å². The first-order valence-electron chi connectivity index (χ1n) is 6.85. The molecule has 0 aliphatic heterocycles. The molecule has 1 aromatic carbocycles. The molecule has 0 bridgehead atoms. The lowest BCUT2D eigenvalue weighted by molar-refractivity contribution is -0.138. The maximum atomic E-state index is 13.1. The summed E-state index contributed by atoms with van der Waals surface area (Å²) >= 11 is 0. The van der Waals surface area contributed by atoms with E-state index in [1.54, 1.807) is 12.1 Å². The highest BCUT2D eigenvalue weighted by Crippen LogP contribution is 2.37. The van der Waals surface area contributed by atoms with Crippen molar-refractivity contribution >= 4 is 0 Å². The fourth-order valence-electron chi connectivity index (χ4n) is 2.54. The highest BCUT2D eigenvalue weighted by molar-refractivity contribution is 5.33. The molecule has 1 atom stereocenters. The molecule has 0 spiro atoms. The van der Waals surface area contributed by atoms with Gasteiger partial charge in [-0.2, -0.15) is 13.2 Å². The molecule has 1 aromatic rings. The zero-order chi connectivity index (χ0) is 14.5. The van der Waals surface area contributed by atoms with Gasteiger partial charge in [0, 0.05) is 6.04 Å². The Kier molecular flexibility index (Phi) is 5.85. The van der Waals surface area contributed by atoms with Crippen LogP contribution in [0.5, 0.6) is 0 Å². The molecule has 0 aromatic heterocycles. The maximum Gasteiger partial charge on any atom is 0.416 e. The van der Waals surface area contributed by atoms with Crippen molar-refractivity contribution in [2.45, 2.75) is 45.8 Å². The van der Waals surface area contributed by atoms with Crippen molar-refractivity contribution in [1.82, 2.24) is 5.32 Å². The van der Waals surface area contributed by atoms with Crippen LogP contribution in [0.25, 0.3) is 0 Å². The number of hydrogen-bond donors (Lipinski definition) is 1. The molecule has 19 heavy (non-hydrogen) atoms. The maximum absolute atomic E-state index is 13.1. The van der Waals surface area contributed by atoms with E-state index in [2.05, 4.69) is 5.32 Å². The Labute approximate surface area is 113 Å². The topological polar surface area (TPSA) is 12.0 Å². The van der Waals surface area contributed by atoms with E-state index in [0.717, 1.165) is 12.8 Å². The summed E-state index contributed by atoms with van der Waals surface area (Å²) in [6, 6.07) is 5.65. The van der Waals surface area contributed by atoms with Crippen molar-refractivity contribution in [3.8, 4) is 0 Å². The SMILES string of the molecule is CCNC(c1ccccc1C(F)(F)F)C(CC)CC. The van der Waals surface area contributed by atoms with E-state index in [9.17, 15) is 13.2 Å². The summed E-state index contributed by atoms with van der Waals surface area (Å²) in [6.07, 6.45) is -2.57. The molecular formula is C15H22F3N. The van der Waals surface area contributed by atoms with Crippen LogP contribution < -0.4 is 5.32 Å². The highest BCUT2D eigenvalue weighted by Gasteiger charge is 2.36. The van der Waals surface area contributed by atoms with Gasteiger partial charge in [-0.1, -0.05) is 51.8 Å². The second-order valence-corrected chi connectivity index (χ2v) is 4.70. The van der Waals surface area contributed by atoms with Gasteiger partial charge in [-0.25, -0.2) is 0 Å². The zero-order valence-corrected chi connectivity index (χ0v) is 11.7. The molecule has 1 nitrogen and oxygen atoms in total. The van der Waals surface area contributed by atoms with Gasteiger partial charge in [0.2, 0.25) is 0 Å². The summed E-state index contributed by atoms with van der Waals surface area (Å²) in [4.78, 5) is 0. The lowest BCUT2D eigenvalue weighted by atomic mass is 9.86. The molecule has 0 fully saturated rings. The van der Waals surface area contributed by atoms with Crippen LogP contribution in [0.1, 0.15) is 50.8 Å². The van der Waals surface area contributed by atoms with Gasteiger partial charge < -0.3 is 5.32 Å². The third-order valence-electron chi connectivity index (χ3n) is 3.55. The van der Waals surface area contributed by atoms with Crippen LogP contribution in [-0.4, -0.2) is 6.54 Å². The van der Waals surface area contributed by atoms with E-state index in [-0.39, 0.29) is 12.0 Å². The molecule has 0 heterocycles. The van der Waals surface area contributed by atoms with Gasteiger partial charge in [-0.3, -0.25) is 0 Å². The van der Waals surface area contributed by atoms with Gasteiger partial charge in [0.25, 0.3) is 0 Å². The van der Waals surface area contributed by atoms with Crippen molar-refractivity contribution < 1.29 is 13.2 Å². The first kappa shape index (κ1) is 16.0. The average Bonchev–Trinajstić information content (AvgIpc) is 2.38. The Hall–Kier alpha value is -1.03. The predicted molar refractivity (Wildman–Crippen MR) is 71.9 cm³/mol. The standard InChI is InChI=1S/C15H22F3N/c1-4-11(5-2)14(19-6-3)12-9-7-8-10-13(12)15(16,17)18/h7-11,14,19H,4-6H2,1-3H3. The molecular weight excluding hydrogens is 251 g/mol. The molecule has 0 amide bonds. The monoisotopic (exact) mass is 273 g/mol. The molecule has 4 heteroatoms. The molecule has 1 rings (SSSR count). The van der Waals surface area contributed by atoms with Crippen LogP contribution in [0.4, 0.5) is 13.2 Å². The summed E-state index contributed by atoms with van der Waals surface area (Å²) in [5, 5.41) is 3.21. The van der Waals surface area contributed by atoms with Crippen molar-refractivity contribution in [3.05, 3.63) is 35.4 Å². The number of halogens is 3. The second-order valence-electron chi connectivity index (χ2n) is 4.70. The molecule has 108 valence electrons. The summed E-state index contributed by atoms with van der Waals surface area (Å²) in [5.41, 5.74) is -0.154. The van der Waals surface area contributed by atoms with Crippen LogP contribution in [0.2, 0.25) is 0 Å². The number of benzene rings is 1. The molecule has 1 unspecified atom stereocenters. The van der Waals surface area contributed by atoms with Gasteiger partial charge in [0.15, 0.2) is 0 Å². The van der Waals surface area contributed by atoms with Crippen LogP contribution >= 0.6 is 0 Å². The Morgan fingerprint density at radius 3 is 2.11 bits per heavy atom. The zero-order valence-electron chi connectivity index (χ0n) is 11.7. The minimum absolute atomic E-state index is 0.212. The number of hydrogen-bond acceptors (Lipinski definition) is 1. The van der Waals surface area contributed by atoms with Crippen molar-refractivity contribution in [1.29, 1.82) is 0 Å². The molecule has 1 N–H and O–H groups in total. The van der Waals surface area contributed by atoms with Gasteiger partial charge >= 0.3 is 6.18 Å². The Morgan fingerprint density at radius 1 is 1.05 bits per heavy atom. The normalized spacial score (nSPS) is 13.8. The third kappa shape index (κ3) is 3.96. The summed E-state index contributed by atoms with van der Waals surface area (Å²) in [6.45, 7) is 6.63. The summed E-state index contributed by atoms with van der Waals surface area (Å²) in [7, 11) is 0. The molecule has 0 aliphatic rings. The van der Waals surface area contributed by atoms with E-state index < -0.39 is 11.7 Å². The fraction of sp³-hybridized carbons (Fsp3) is 0.600. The predicted octanol–water partition coefficient (Wildman–Crippen LogP) is 4.79. The van der Waals surface area contributed by atoms with Gasteiger partial charge in [-0.15, -0.1) is 0 Å². The first-order valence-corrected chi connectivity index (χ1v) is 6.85. The van der Waals surface area contributed by atoms with E-state index in [0.29, 0.717) is 12.1 Å². The van der Waals surface area contributed by atoms with Crippen LogP contribution in [0.3, 0.4) is 0 Å². The minimum atomic E-state index is -4.30. The van der Waals surface area contributed by atoms with Gasteiger partial charge in [-0.05, 0) is 24.1 Å². The molecule has 0 radical (unpaired) electrons. The van der Waals surface area contributed by atoms with Crippen molar-refractivity contribution in [2.24, 2.45) is 5.92 Å². The smallest absolute Gasteiger partial charge is 0.310 e. The first-order chi connectivity index (χ1) is 8.95. The largest absolute Gasteiger partial charge is 0.416 e. The lowest BCUT2D eigenvalue weighted by Crippen LogP contribution is -2.30. The van der Waals surface area contributed by atoms with Crippen LogP contribution in [0, 0.1) is 5.92 Å². The third-order valence-corrected chi connectivity index (χ3v) is 3.55. The quantitative estimate of drug-likeness (QED) is 0.785. The molecule has 0 aliphatic carbocycles. The molecule has 0 saturated carbocycles. The molecule has 0 saturated heterocycles. The summed E-state index contributed by atoms with van der Waals surface area (Å²) < 4.78 is 39.3. The number of rotatable bonds is 6. The number of alkyl halides is 3. The van der Waals surface area contributed by atoms with Crippen molar-refractivity contribution in [2.75, 3.05) is 6.54 Å². The second kappa shape index (κ2) is 6.94. The van der Waals surface area contributed by atoms with E-state index in [1.165, 1.54) is 12.1 Å². The summed E-state index contributed by atoms with van der Waals surface area (Å²) in [5.74, 6) is 0.212.